The summed E-state index contributed by atoms with van der Waals surface area (Å²) < 4.78 is 9.87. The van der Waals surface area contributed by atoms with E-state index in [0.717, 1.165) is 6.07 Å². The Morgan fingerprint density at radius 1 is 1.26 bits per heavy atom. The molecule has 0 bridgehead atoms. The number of aliphatic hydroxyl groups is 2. The van der Waals surface area contributed by atoms with Crippen LogP contribution in [0.15, 0.2) is 12.1 Å². The summed E-state index contributed by atoms with van der Waals surface area (Å²) >= 11 is 0. The van der Waals surface area contributed by atoms with Crippen LogP contribution in [0.2, 0.25) is 0 Å². The number of aromatic hydroxyl groups is 2. The second kappa shape index (κ2) is 7.38. The van der Waals surface area contributed by atoms with Crippen LogP contribution in [0.1, 0.15) is 32.4 Å². The fourth-order valence-electron chi connectivity index (χ4n) is 1.78. The molecule has 0 radical (unpaired) electrons. The van der Waals surface area contributed by atoms with Crippen LogP contribution in [0.4, 0.5) is 4.79 Å². The van der Waals surface area contributed by atoms with Crippen LogP contribution in [-0.4, -0.2) is 51.9 Å². The number of phenols is 2. The Kier molecular flexibility index (Phi) is 6.05. The number of phenolic OH excluding ortho intramolecular Hbond substituents is 2. The molecule has 8 nitrogen and oxygen atoms in total. The highest BCUT2D eigenvalue weighted by atomic mass is 16.6. The summed E-state index contributed by atoms with van der Waals surface area (Å²) in [5.41, 5.74) is -0.556. The topological polar surface area (TPSA) is 128 Å². The number of amides is 1. The molecule has 23 heavy (non-hydrogen) atoms. The number of hydrogen-bond donors (Lipinski definition) is 5. The number of ether oxygens (including phenoxy) is 2. The third-order valence-corrected chi connectivity index (χ3v) is 2.86. The standard InChI is InChI=1S/C15H23NO7/c1-15(2,3)23-14(21)16-7-10(18)12(19)8-5-9(17)13(20)11(6-8)22-4/h5-6,10,12,17-20H,7H2,1-4H3,(H,16,21). The van der Waals surface area contributed by atoms with Gasteiger partial charge in [0.1, 0.15) is 17.8 Å². The molecule has 1 rings (SSSR count). The molecule has 1 aromatic rings. The molecule has 1 amide bonds. The monoisotopic (exact) mass is 329 g/mol. The van der Waals surface area contributed by atoms with Gasteiger partial charge in [0.05, 0.1) is 7.11 Å². The number of methoxy groups -OCH3 is 1. The van der Waals surface area contributed by atoms with Crippen molar-refractivity contribution in [2.24, 2.45) is 0 Å². The molecule has 0 aliphatic heterocycles. The molecule has 0 heterocycles. The van der Waals surface area contributed by atoms with Crippen molar-refractivity contribution in [1.82, 2.24) is 5.32 Å². The molecule has 0 aliphatic rings. The van der Waals surface area contributed by atoms with Gasteiger partial charge in [0.2, 0.25) is 5.75 Å². The van der Waals surface area contributed by atoms with Gasteiger partial charge in [-0.3, -0.25) is 0 Å². The van der Waals surface area contributed by atoms with Gasteiger partial charge in [0.25, 0.3) is 0 Å². The average molecular weight is 329 g/mol. The number of nitrogens with one attached hydrogen (secondary N) is 1. The number of benzene rings is 1. The van der Waals surface area contributed by atoms with Gasteiger partial charge >= 0.3 is 6.09 Å². The van der Waals surface area contributed by atoms with Crippen molar-refractivity contribution in [3.8, 4) is 17.2 Å². The van der Waals surface area contributed by atoms with E-state index in [1.165, 1.54) is 13.2 Å². The third-order valence-electron chi connectivity index (χ3n) is 2.86. The Bertz CT molecular complexity index is 553. The first-order chi connectivity index (χ1) is 10.5. The highest BCUT2D eigenvalue weighted by Gasteiger charge is 2.23. The Balaban J connectivity index is 2.72. The Labute approximate surface area is 134 Å². The SMILES string of the molecule is COc1cc(C(O)C(O)CNC(=O)OC(C)(C)C)cc(O)c1O. The highest BCUT2D eigenvalue weighted by Crippen LogP contribution is 2.38. The van der Waals surface area contributed by atoms with Crippen molar-refractivity contribution in [3.63, 3.8) is 0 Å². The predicted octanol–water partition coefficient (Wildman–Crippen LogP) is 1.03. The van der Waals surface area contributed by atoms with Gasteiger partial charge in [-0.05, 0) is 38.5 Å². The second-order valence-corrected chi connectivity index (χ2v) is 5.99. The molecule has 2 unspecified atom stereocenters. The largest absolute Gasteiger partial charge is 0.504 e. The maximum Gasteiger partial charge on any atom is 0.407 e. The molecular formula is C15H23NO7. The van der Waals surface area contributed by atoms with E-state index in [4.69, 9.17) is 9.47 Å². The lowest BCUT2D eigenvalue weighted by atomic mass is 10.0. The van der Waals surface area contributed by atoms with Gasteiger partial charge in [-0.25, -0.2) is 4.79 Å². The maximum absolute atomic E-state index is 11.5. The smallest absolute Gasteiger partial charge is 0.407 e. The molecule has 0 aromatic heterocycles. The summed E-state index contributed by atoms with van der Waals surface area (Å²) in [6.45, 7) is 4.83. The van der Waals surface area contributed by atoms with Gasteiger partial charge in [-0.15, -0.1) is 0 Å². The first kappa shape index (κ1) is 18.9. The van der Waals surface area contributed by atoms with Gasteiger partial charge < -0.3 is 35.2 Å². The van der Waals surface area contributed by atoms with Crippen molar-refractivity contribution < 1.29 is 34.7 Å². The number of alkyl carbamates (subject to hydrolysis) is 1. The third kappa shape index (κ3) is 5.50. The molecular weight excluding hydrogens is 306 g/mol. The van der Waals surface area contributed by atoms with Crippen molar-refractivity contribution in [2.45, 2.75) is 38.6 Å². The van der Waals surface area contributed by atoms with E-state index < -0.39 is 35.4 Å². The fraction of sp³-hybridized carbons (Fsp3) is 0.533. The van der Waals surface area contributed by atoms with Crippen LogP contribution >= 0.6 is 0 Å². The van der Waals surface area contributed by atoms with Crippen LogP contribution in [0.3, 0.4) is 0 Å². The van der Waals surface area contributed by atoms with Crippen LogP contribution in [-0.2, 0) is 4.74 Å². The van der Waals surface area contributed by atoms with E-state index in [0.29, 0.717) is 0 Å². The minimum absolute atomic E-state index is 0.0497. The second-order valence-electron chi connectivity index (χ2n) is 5.99. The molecule has 0 saturated heterocycles. The van der Waals surface area contributed by atoms with Crippen molar-refractivity contribution in [1.29, 1.82) is 0 Å². The van der Waals surface area contributed by atoms with Crippen molar-refractivity contribution >= 4 is 6.09 Å². The van der Waals surface area contributed by atoms with Gasteiger partial charge in [0, 0.05) is 6.54 Å². The number of hydrogen-bond acceptors (Lipinski definition) is 7. The molecule has 8 heteroatoms. The van der Waals surface area contributed by atoms with E-state index in [2.05, 4.69) is 5.32 Å². The summed E-state index contributed by atoms with van der Waals surface area (Å²) in [6, 6.07) is 2.37. The fourth-order valence-corrected chi connectivity index (χ4v) is 1.78. The molecule has 2 atom stereocenters. The van der Waals surface area contributed by atoms with Crippen LogP contribution in [0, 0.1) is 0 Å². The van der Waals surface area contributed by atoms with E-state index in [1.807, 2.05) is 0 Å². The zero-order valence-corrected chi connectivity index (χ0v) is 13.5. The predicted molar refractivity (Wildman–Crippen MR) is 81.5 cm³/mol. The lowest BCUT2D eigenvalue weighted by Crippen LogP contribution is -2.38. The zero-order chi connectivity index (χ0) is 17.8. The van der Waals surface area contributed by atoms with Crippen molar-refractivity contribution in [2.75, 3.05) is 13.7 Å². The maximum atomic E-state index is 11.5. The number of rotatable bonds is 5. The Hall–Kier alpha value is -2.19. The van der Waals surface area contributed by atoms with E-state index in [9.17, 15) is 25.2 Å². The van der Waals surface area contributed by atoms with E-state index in [1.54, 1.807) is 20.8 Å². The molecule has 5 N–H and O–H groups in total. The molecule has 130 valence electrons. The summed E-state index contributed by atoms with van der Waals surface area (Å²) in [6.07, 6.45) is -3.49. The molecule has 0 fully saturated rings. The first-order valence-electron chi connectivity index (χ1n) is 6.98. The molecule has 0 saturated carbocycles. The molecule has 0 aliphatic carbocycles. The number of carbonyl (C=O) groups is 1. The summed E-state index contributed by atoms with van der Waals surface area (Å²) in [7, 11) is 1.28. The minimum atomic E-state index is -1.41. The van der Waals surface area contributed by atoms with Gasteiger partial charge in [-0.1, -0.05) is 0 Å². The average Bonchev–Trinajstić information content (AvgIpc) is 2.44. The van der Waals surface area contributed by atoms with E-state index in [-0.39, 0.29) is 17.9 Å². The quantitative estimate of drug-likeness (QED) is 0.510. The Morgan fingerprint density at radius 3 is 2.39 bits per heavy atom. The molecule has 0 spiro atoms. The Morgan fingerprint density at radius 2 is 1.87 bits per heavy atom. The summed E-state index contributed by atoms with van der Waals surface area (Å²) in [5, 5.41) is 41.5. The lowest BCUT2D eigenvalue weighted by Gasteiger charge is -2.22. The zero-order valence-electron chi connectivity index (χ0n) is 13.5. The summed E-state index contributed by atoms with van der Waals surface area (Å²) in [4.78, 5) is 11.5. The molecule has 1 aromatic carbocycles. The highest BCUT2D eigenvalue weighted by molar-refractivity contribution is 5.67. The van der Waals surface area contributed by atoms with Crippen LogP contribution < -0.4 is 10.1 Å². The number of carbonyl (C=O) groups excluding carboxylic acids is 1. The van der Waals surface area contributed by atoms with Crippen molar-refractivity contribution in [3.05, 3.63) is 17.7 Å². The van der Waals surface area contributed by atoms with Gasteiger partial charge in [0.15, 0.2) is 11.5 Å². The van der Waals surface area contributed by atoms with E-state index >= 15 is 0 Å². The van der Waals surface area contributed by atoms with Gasteiger partial charge in [-0.2, -0.15) is 0 Å². The lowest BCUT2D eigenvalue weighted by molar-refractivity contribution is 0.0127. The summed E-state index contributed by atoms with van der Waals surface area (Å²) in [5.74, 6) is -1.01. The number of aliphatic hydroxyl groups excluding tert-OH is 2. The van der Waals surface area contributed by atoms with Crippen LogP contribution in [0.25, 0.3) is 0 Å². The van der Waals surface area contributed by atoms with Crippen LogP contribution in [0.5, 0.6) is 17.2 Å². The normalized spacial score (nSPS) is 14.0. The minimum Gasteiger partial charge on any atom is -0.504 e. The first-order valence-corrected chi connectivity index (χ1v) is 6.98.